The van der Waals surface area contributed by atoms with Crippen molar-refractivity contribution in [2.45, 2.75) is 0 Å². The molecule has 0 radical (unpaired) electrons. The second-order valence-electron chi connectivity index (χ2n) is 5.25. The van der Waals surface area contributed by atoms with Crippen molar-refractivity contribution >= 4 is 11.6 Å². The van der Waals surface area contributed by atoms with Gasteiger partial charge in [-0.15, -0.1) is 0 Å². The number of nitriles is 1. The van der Waals surface area contributed by atoms with Crippen LogP contribution in [0.15, 0.2) is 36.0 Å². The SMILES string of the molecule is N#C/C(=C/Nc1ccccc1O)C(=O)N1CCN(CCN)CC1. The maximum absolute atomic E-state index is 12.4. The molecule has 0 bridgehead atoms. The van der Waals surface area contributed by atoms with E-state index in [1.54, 1.807) is 23.1 Å². The van der Waals surface area contributed by atoms with Crippen molar-refractivity contribution in [2.75, 3.05) is 44.6 Å². The van der Waals surface area contributed by atoms with Crippen LogP contribution in [0, 0.1) is 11.3 Å². The second kappa shape index (κ2) is 8.17. The smallest absolute Gasteiger partial charge is 0.266 e. The zero-order valence-corrected chi connectivity index (χ0v) is 12.9. The molecule has 0 spiro atoms. The van der Waals surface area contributed by atoms with E-state index in [-0.39, 0.29) is 17.2 Å². The van der Waals surface area contributed by atoms with Crippen molar-refractivity contribution in [3.8, 4) is 11.8 Å². The summed E-state index contributed by atoms with van der Waals surface area (Å²) in [5, 5.41) is 21.7. The summed E-state index contributed by atoms with van der Waals surface area (Å²) in [5.74, 6) is -0.244. The van der Waals surface area contributed by atoms with Gasteiger partial charge in [0, 0.05) is 45.5 Å². The number of phenols is 1. The predicted octanol–water partition coefficient (Wildman–Crippen LogP) is 0.314. The van der Waals surface area contributed by atoms with Crippen molar-refractivity contribution in [1.82, 2.24) is 9.80 Å². The summed E-state index contributed by atoms with van der Waals surface area (Å²) in [5.41, 5.74) is 5.99. The van der Waals surface area contributed by atoms with Gasteiger partial charge in [-0.25, -0.2) is 0 Å². The normalized spacial score (nSPS) is 16.0. The highest BCUT2D eigenvalue weighted by Crippen LogP contribution is 2.21. The van der Waals surface area contributed by atoms with Gasteiger partial charge in [-0.2, -0.15) is 5.26 Å². The van der Waals surface area contributed by atoms with E-state index >= 15 is 0 Å². The van der Waals surface area contributed by atoms with Crippen molar-refractivity contribution < 1.29 is 9.90 Å². The van der Waals surface area contributed by atoms with E-state index in [4.69, 9.17) is 5.73 Å². The molecule has 0 saturated carbocycles. The van der Waals surface area contributed by atoms with Gasteiger partial charge in [-0.05, 0) is 12.1 Å². The van der Waals surface area contributed by atoms with E-state index in [9.17, 15) is 15.2 Å². The number of carbonyl (C=O) groups is 1. The monoisotopic (exact) mass is 315 g/mol. The third kappa shape index (κ3) is 4.45. The largest absolute Gasteiger partial charge is 0.506 e. The lowest BCUT2D eigenvalue weighted by Gasteiger charge is -2.34. The van der Waals surface area contributed by atoms with Crippen LogP contribution in [0.3, 0.4) is 0 Å². The number of rotatable bonds is 5. The average molecular weight is 315 g/mol. The molecule has 1 heterocycles. The molecule has 0 atom stereocenters. The highest BCUT2D eigenvalue weighted by molar-refractivity contribution is 5.97. The molecule has 0 aliphatic carbocycles. The number of hydrogen-bond acceptors (Lipinski definition) is 6. The van der Waals surface area contributed by atoms with Crippen LogP contribution >= 0.6 is 0 Å². The number of phenolic OH excluding ortho intramolecular Hbond substituents is 1. The van der Waals surface area contributed by atoms with Crippen molar-refractivity contribution in [3.05, 3.63) is 36.0 Å². The lowest BCUT2D eigenvalue weighted by atomic mass is 10.2. The zero-order valence-electron chi connectivity index (χ0n) is 12.9. The average Bonchev–Trinajstić information content (AvgIpc) is 2.57. The summed E-state index contributed by atoms with van der Waals surface area (Å²) in [6, 6.07) is 8.56. The maximum Gasteiger partial charge on any atom is 0.266 e. The fourth-order valence-electron chi connectivity index (χ4n) is 2.41. The molecule has 7 heteroatoms. The summed E-state index contributed by atoms with van der Waals surface area (Å²) < 4.78 is 0. The van der Waals surface area contributed by atoms with Crippen molar-refractivity contribution in [1.29, 1.82) is 5.26 Å². The minimum absolute atomic E-state index is 0.0144. The van der Waals surface area contributed by atoms with Crippen LogP contribution in [0.5, 0.6) is 5.75 Å². The fraction of sp³-hybridized carbons (Fsp3) is 0.375. The fourth-order valence-corrected chi connectivity index (χ4v) is 2.41. The van der Waals surface area contributed by atoms with E-state index in [0.717, 1.165) is 19.6 Å². The Bertz CT molecular complexity index is 615. The van der Waals surface area contributed by atoms with Crippen LogP contribution in [-0.4, -0.2) is 60.1 Å². The number of aromatic hydroxyl groups is 1. The van der Waals surface area contributed by atoms with Crippen LogP contribution in [0.4, 0.5) is 5.69 Å². The first kappa shape index (κ1) is 16.8. The Morgan fingerprint density at radius 2 is 2.04 bits per heavy atom. The van der Waals surface area contributed by atoms with Gasteiger partial charge < -0.3 is 21.1 Å². The number of amides is 1. The number of anilines is 1. The number of nitrogens with one attached hydrogen (secondary N) is 1. The maximum atomic E-state index is 12.4. The molecule has 1 aliphatic heterocycles. The highest BCUT2D eigenvalue weighted by Gasteiger charge is 2.23. The van der Waals surface area contributed by atoms with Crippen LogP contribution in [0.25, 0.3) is 0 Å². The molecule has 1 aromatic rings. The molecule has 1 fully saturated rings. The number of benzene rings is 1. The number of para-hydroxylation sites is 2. The summed E-state index contributed by atoms with van der Waals surface area (Å²) >= 11 is 0. The number of piperazine rings is 1. The van der Waals surface area contributed by atoms with Crippen LogP contribution in [0.1, 0.15) is 0 Å². The Morgan fingerprint density at radius 3 is 2.65 bits per heavy atom. The van der Waals surface area contributed by atoms with Gasteiger partial charge in [0.1, 0.15) is 17.4 Å². The molecule has 1 saturated heterocycles. The third-order valence-electron chi connectivity index (χ3n) is 3.73. The molecule has 2 rings (SSSR count). The zero-order chi connectivity index (χ0) is 16.7. The minimum atomic E-state index is -0.303. The topological polar surface area (TPSA) is 106 Å². The summed E-state index contributed by atoms with van der Waals surface area (Å²) in [6.45, 7) is 4.09. The van der Waals surface area contributed by atoms with E-state index in [1.807, 2.05) is 6.07 Å². The number of hydrogen-bond donors (Lipinski definition) is 3. The molecule has 0 unspecified atom stereocenters. The molecule has 7 nitrogen and oxygen atoms in total. The van der Waals surface area contributed by atoms with Gasteiger partial charge in [-0.3, -0.25) is 9.69 Å². The van der Waals surface area contributed by atoms with Crippen LogP contribution < -0.4 is 11.1 Å². The van der Waals surface area contributed by atoms with Gasteiger partial charge >= 0.3 is 0 Å². The second-order valence-corrected chi connectivity index (χ2v) is 5.25. The molecule has 122 valence electrons. The number of carbonyl (C=O) groups excluding carboxylic acids is 1. The van der Waals surface area contributed by atoms with E-state index in [0.29, 0.717) is 25.3 Å². The number of nitrogens with zero attached hydrogens (tertiary/aromatic N) is 3. The molecule has 0 aromatic heterocycles. The Balaban J connectivity index is 1.98. The van der Waals surface area contributed by atoms with Gasteiger partial charge in [0.15, 0.2) is 0 Å². The first-order chi connectivity index (χ1) is 11.2. The minimum Gasteiger partial charge on any atom is -0.506 e. The Labute approximate surface area is 135 Å². The first-order valence-corrected chi connectivity index (χ1v) is 7.52. The molecule has 1 amide bonds. The van der Waals surface area contributed by atoms with E-state index in [2.05, 4.69) is 10.2 Å². The van der Waals surface area contributed by atoms with E-state index < -0.39 is 0 Å². The summed E-state index contributed by atoms with van der Waals surface area (Å²) in [7, 11) is 0. The van der Waals surface area contributed by atoms with Gasteiger partial charge in [0.25, 0.3) is 5.91 Å². The molecule has 1 aromatic carbocycles. The van der Waals surface area contributed by atoms with Crippen molar-refractivity contribution in [2.24, 2.45) is 5.73 Å². The first-order valence-electron chi connectivity index (χ1n) is 7.52. The lowest BCUT2D eigenvalue weighted by molar-refractivity contribution is -0.128. The molecular weight excluding hydrogens is 294 g/mol. The van der Waals surface area contributed by atoms with Crippen LogP contribution in [-0.2, 0) is 4.79 Å². The van der Waals surface area contributed by atoms with Gasteiger partial charge in [0.05, 0.1) is 5.69 Å². The third-order valence-corrected chi connectivity index (χ3v) is 3.73. The predicted molar refractivity (Wildman–Crippen MR) is 87.5 cm³/mol. The Morgan fingerprint density at radius 1 is 1.35 bits per heavy atom. The standard InChI is InChI=1S/C16H21N5O2/c17-5-6-20-7-9-21(10-8-20)16(23)13(11-18)12-19-14-3-1-2-4-15(14)22/h1-4,12,19,22H,5-10,17H2/b13-12-. The summed E-state index contributed by atoms with van der Waals surface area (Å²) in [6.07, 6.45) is 1.34. The highest BCUT2D eigenvalue weighted by atomic mass is 16.3. The van der Waals surface area contributed by atoms with Gasteiger partial charge in [-0.1, -0.05) is 12.1 Å². The Hall–Kier alpha value is -2.56. The van der Waals surface area contributed by atoms with Crippen LogP contribution in [0.2, 0.25) is 0 Å². The quantitative estimate of drug-likeness (QED) is 0.410. The van der Waals surface area contributed by atoms with Crippen molar-refractivity contribution in [3.63, 3.8) is 0 Å². The molecule has 1 aliphatic rings. The molecule has 23 heavy (non-hydrogen) atoms. The lowest BCUT2D eigenvalue weighted by Crippen LogP contribution is -2.50. The number of nitrogens with two attached hydrogens (primary N) is 1. The molecular formula is C16H21N5O2. The van der Waals surface area contributed by atoms with Gasteiger partial charge in [0.2, 0.25) is 0 Å². The molecule has 4 N–H and O–H groups in total. The Kier molecular flexibility index (Phi) is 5.97. The van der Waals surface area contributed by atoms with E-state index in [1.165, 1.54) is 12.3 Å². The summed E-state index contributed by atoms with van der Waals surface area (Å²) in [4.78, 5) is 16.2.